The first-order valence-electron chi connectivity index (χ1n) is 2.87. The Hall–Kier alpha value is -0.690. The molecule has 0 N–H and O–H groups in total. The summed E-state index contributed by atoms with van der Waals surface area (Å²) >= 11 is 1.17. The number of nitriles is 1. The third-order valence-corrected chi connectivity index (χ3v) is 1.91. The van der Waals surface area contributed by atoms with E-state index < -0.39 is 0 Å². The molecule has 0 spiro atoms. The highest BCUT2D eigenvalue weighted by atomic mass is 32.2. The van der Waals surface area contributed by atoms with E-state index in [1.54, 1.807) is 0 Å². The SMILES string of the molecule is CN(C)C(SC#N)=[N+](C)C. The molecule has 0 fully saturated rings. The third kappa shape index (κ3) is 2.74. The Bertz CT molecular complexity index is 174. The molecule has 0 saturated heterocycles. The fraction of sp³-hybridized carbons (Fsp3) is 0.667. The van der Waals surface area contributed by atoms with Crippen LogP contribution in [0.4, 0.5) is 0 Å². The van der Waals surface area contributed by atoms with Gasteiger partial charge in [-0.1, -0.05) is 0 Å². The van der Waals surface area contributed by atoms with Gasteiger partial charge in [-0.05, 0) is 0 Å². The van der Waals surface area contributed by atoms with Crippen LogP contribution < -0.4 is 0 Å². The number of hydrogen-bond donors (Lipinski definition) is 0. The highest BCUT2D eigenvalue weighted by Gasteiger charge is 2.10. The maximum Gasteiger partial charge on any atom is 0.322 e. The lowest BCUT2D eigenvalue weighted by atomic mass is 10.9. The first kappa shape index (κ1) is 9.31. The molecule has 0 aliphatic heterocycles. The molecule has 0 amide bonds. The number of thiocyanates is 1. The normalized spacial score (nSPS) is 8.30. The van der Waals surface area contributed by atoms with Gasteiger partial charge in [0.1, 0.15) is 5.40 Å². The van der Waals surface area contributed by atoms with Gasteiger partial charge in [0.25, 0.3) is 0 Å². The lowest BCUT2D eigenvalue weighted by Crippen LogP contribution is -2.26. The number of thioether (sulfide) groups is 1. The summed E-state index contributed by atoms with van der Waals surface area (Å²) in [5.74, 6) is 0. The minimum Gasteiger partial charge on any atom is -0.261 e. The van der Waals surface area contributed by atoms with Crippen LogP contribution in [0, 0.1) is 10.7 Å². The predicted molar refractivity (Wildman–Crippen MR) is 44.0 cm³/mol. The molecule has 0 aromatic rings. The minimum absolute atomic E-state index is 0.947. The Kier molecular flexibility index (Phi) is 3.89. The van der Waals surface area contributed by atoms with E-state index in [0.29, 0.717) is 0 Å². The Labute approximate surface area is 65.9 Å². The summed E-state index contributed by atoms with van der Waals surface area (Å²) in [7, 11) is 7.67. The standard InChI is InChI=1S/C6H12N3S/c1-8(2)6(9(3)4)10-5-7/h1-4H3/q+1. The number of rotatable bonds is 0. The molecule has 10 heavy (non-hydrogen) atoms. The van der Waals surface area contributed by atoms with Crippen LogP contribution >= 0.6 is 11.8 Å². The zero-order valence-corrected chi connectivity index (χ0v) is 7.57. The van der Waals surface area contributed by atoms with Gasteiger partial charge in [-0.2, -0.15) is 5.26 Å². The van der Waals surface area contributed by atoms with Crippen molar-refractivity contribution in [3.05, 3.63) is 0 Å². The summed E-state index contributed by atoms with van der Waals surface area (Å²) in [5, 5.41) is 11.3. The summed E-state index contributed by atoms with van der Waals surface area (Å²) in [5.41, 5.74) is 0. The van der Waals surface area contributed by atoms with Crippen molar-refractivity contribution < 1.29 is 4.58 Å². The van der Waals surface area contributed by atoms with Crippen LogP contribution in [0.25, 0.3) is 0 Å². The maximum atomic E-state index is 8.37. The largest absolute Gasteiger partial charge is 0.322 e. The maximum absolute atomic E-state index is 8.37. The molecule has 0 atom stereocenters. The van der Waals surface area contributed by atoms with Gasteiger partial charge in [-0.3, -0.25) is 9.48 Å². The minimum atomic E-state index is 0.947. The molecule has 0 aliphatic carbocycles. The van der Waals surface area contributed by atoms with Crippen molar-refractivity contribution in [1.29, 1.82) is 5.26 Å². The monoisotopic (exact) mass is 158 g/mol. The van der Waals surface area contributed by atoms with Gasteiger partial charge in [0.2, 0.25) is 0 Å². The first-order chi connectivity index (χ1) is 4.59. The van der Waals surface area contributed by atoms with E-state index in [4.69, 9.17) is 5.26 Å². The average Bonchev–Trinajstić information content (AvgIpc) is 1.81. The van der Waals surface area contributed by atoms with Crippen LogP contribution in [0.3, 0.4) is 0 Å². The molecule has 56 valence electrons. The van der Waals surface area contributed by atoms with E-state index in [2.05, 4.69) is 0 Å². The molecule has 0 aromatic heterocycles. The van der Waals surface area contributed by atoms with Gasteiger partial charge in [-0.25, -0.2) is 0 Å². The Morgan fingerprint density at radius 2 is 2.00 bits per heavy atom. The van der Waals surface area contributed by atoms with E-state index in [1.165, 1.54) is 11.8 Å². The fourth-order valence-electron chi connectivity index (χ4n) is 0.623. The Balaban J connectivity index is 4.31. The molecule has 0 heterocycles. The van der Waals surface area contributed by atoms with Crippen molar-refractivity contribution in [1.82, 2.24) is 4.90 Å². The zero-order chi connectivity index (χ0) is 8.15. The van der Waals surface area contributed by atoms with Crippen LogP contribution in [-0.2, 0) is 0 Å². The van der Waals surface area contributed by atoms with Crippen molar-refractivity contribution in [2.45, 2.75) is 0 Å². The summed E-state index contributed by atoms with van der Waals surface area (Å²) in [6, 6.07) is 0. The lowest BCUT2D eigenvalue weighted by molar-refractivity contribution is -0.466. The van der Waals surface area contributed by atoms with Gasteiger partial charge in [-0.15, -0.1) is 0 Å². The second-order valence-electron chi connectivity index (χ2n) is 2.26. The summed E-state index contributed by atoms with van der Waals surface area (Å²) in [4.78, 5) is 1.91. The second-order valence-corrected chi connectivity index (χ2v) is 3.02. The molecule has 0 aromatic carbocycles. The topological polar surface area (TPSA) is 30.0 Å². The van der Waals surface area contributed by atoms with Gasteiger partial charge >= 0.3 is 5.17 Å². The Morgan fingerprint density at radius 1 is 1.50 bits per heavy atom. The van der Waals surface area contributed by atoms with Crippen molar-refractivity contribution in [3.63, 3.8) is 0 Å². The van der Waals surface area contributed by atoms with Crippen LogP contribution in [0.15, 0.2) is 0 Å². The molecular formula is C6H12N3S+. The zero-order valence-electron chi connectivity index (χ0n) is 6.75. The van der Waals surface area contributed by atoms with Gasteiger partial charge in [0, 0.05) is 0 Å². The molecule has 0 bridgehead atoms. The van der Waals surface area contributed by atoms with Crippen molar-refractivity contribution in [2.24, 2.45) is 0 Å². The van der Waals surface area contributed by atoms with Crippen LogP contribution in [0.5, 0.6) is 0 Å². The van der Waals surface area contributed by atoms with Crippen LogP contribution in [0.1, 0.15) is 0 Å². The molecule has 0 unspecified atom stereocenters. The molecule has 0 saturated carbocycles. The lowest BCUT2D eigenvalue weighted by Gasteiger charge is -2.05. The van der Waals surface area contributed by atoms with E-state index in [-0.39, 0.29) is 0 Å². The van der Waals surface area contributed by atoms with Gasteiger partial charge in [0.05, 0.1) is 40.0 Å². The van der Waals surface area contributed by atoms with E-state index in [1.807, 2.05) is 43.1 Å². The quantitative estimate of drug-likeness (QED) is 0.221. The number of nitrogens with zero attached hydrogens (tertiary/aromatic N) is 3. The first-order valence-corrected chi connectivity index (χ1v) is 3.68. The van der Waals surface area contributed by atoms with Crippen molar-refractivity contribution in [2.75, 3.05) is 28.2 Å². The summed E-state index contributed by atoms with van der Waals surface area (Å²) < 4.78 is 1.91. The summed E-state index contributed by atoms with van der Waals surface area (Å²) in [6.45, 7) is 0. The number of hydrogen-bond acceptors (Lipinski definition) is 2. The predicted octanol–water partition coefficient (Wildman–Crippen LogP) is 0.390. The number of amidine groups is 1. The molecule has 0 rings (SSSR count). The van der Waals surface area contributed by atoms with Crippen molar-refractivity contribution in [3.8, 4) is 5.40 Å². The molecule has 3 nitrogen and oxygen atoms in total. The average molecular weight is 158 g/mol. The third-order valence-electron chi connectivity index (χ3n) is 0.902. The highest BCUT2D eigenvalue weighted by molar-refractivity contribution is 8.17. The molecule has 0 aliphatic rings. The van der Waals surface area contributed by atoms with E-state index in [9.17, 15) is 0 Å². The van der Waals surface area contributed by atoms with Gasteiger partial charge in [0.15, 0.2) is 0 Å². The van der Waals surface area contributed by atoms with Crippen LogP contribution in [-0.4, -0.2) is 42.8 Å². The molecule has 0 radical (unpaired) electrons. The Morgan fingerprint density at radius 3 is 2.10 bits per heavy atom. The highest BCUT2D eigenvalue weighted by Crippen LogP contribution is 2.01. The second kappa shape index (κ2) is 4.18. The smallest absolute Gasteiger partial charge is 0.261 e. The molecular weight excluding hydrogens is 146 g/mol. The van der Waals surface area contributed by atoms with Crippen molar-refractivity contribution >= 4 is 16.9 Å². The molecule has 4 heteroatoms. The van der Waals surface area contributed by atoms with E-state index >= 15 is 0 Å². The fourth-order valence-corrected chi connectivity index (χ4v) is 1.07. The van der Waals surface area contributed by atoms with E-state index in [0.717, 1.165) is 5.17 Å². The van der Waals surface area contributed by atoms with Crippen LogP contribution in [0.2, 0.25) is 0 Å². The van der Waals surface area contributed by atoms with Gasteiger partial charge < -0.3 is 0 Å². The summed E-state index contributed by atoms with van der Waals surface area (Å²) in [6.07, 6.45) is 0.